The number of rotatable bonds is 6. The van der Waals surface area contributed by atoms with E-state index >= 15 is 0 Å². The summed E-state index contributed by atoms with van der Waals surface area (Å²) in [6, 6.07) is 3.42. The second-order valence-corrected chi connectivity index (χ2v) is 7.10. The first-order chi connectivity index (χ1) is 15.6. The summed E-state index contributed by atoms with van der Waals surface area (Å²) >= 11 is 0. The summed E-state index contributed by atoms with van der Waals surface area (Å²) in [5.74, 6) is -12.3. The number of ketones is 1. The van der Waals surface area contributed by atoms with E-state index in [4.69, 9.17) is 9.47 Å². The second kappa shape index (κ2) is 10.1. The van der Waals surface area contributed by atoms with Gasteiger partial charge in [0.25, 0.3) is 0 Å². The van der Waals surface area contributed by atoms with Gasteiger partial charge in [0.15, 0.2) is 29.1 Å². The Bertz CT molecular complexity index is 1090. The van der Waals surface area contributed by atoms with Crippen LogP contribution in [0.3, 0.4) is 0 Å². The molecule has 3 rings (SSSR count). The van der Waals surface area contributed by atoms with Crippen LogP contribution in [0.2, 0.25) is 0 Å². The molecule has 2 aromatic carbocycles. The number of amides is 1. The molecular weight excluding hydrogens is 456 g/mol. The standard InChI is InChI=1S/C22H17F6NO4/c1-11(30)15-8-12(23)2-4-16(15)33-10-13-9-29(6-7-32-13)17(31)5-3-14-18(24)20(26)22(28)21(27)19(14)25/h2-5,8,13H,6-7,9-10H2,1H3. The van der Waals surface area contributed by atoms with Gasteiger partial charge in [-0.1, -0.05) is 0 Å². The molecule has 0 spiro atoms. The molecule has 1 aliphatic rings. The number of benzene rings is 2. The first kappa shape index (κ1) is 24.3. The van der Waals surface area contributed by atoms with Gasteiger partial charge >= 0.3 is 0 Å². The third-order valence-corrected chi connectivity index (χ3v) is 4.83. The van der Waals surface area contributed by atoms with Crippen LogP contribution in [0.15, 0.2) is 24.3 Å². The van der Waals surface area contributed by atoms with E-state index in [1.165, 1.54) is 17.9 Å². The van der Waals surface area contributed by atoms with Gasteiger partial charge in [-0.3, -0.25) is 9.59 Å². The van der Waals surface area contributed by atoms with E-state index in [0.29, 0.717) is 12.2 Å². The van der Waals surface area contributed by atoms with Crippen molar-refractivity contribution in [2.75, 3.05) is 26.3 Å². The molecule has 0 N–H and O–H groups in total. The fourth-order valence-corrected chi connectivity index (χ4v) is 3.13. The van der Waals surface area contributed by atoms with Crippen molar-refractivity contribution >= 4 is 17.8 Å². The molecule has 2 aromatic rings. The van der Waals surface area contributed by atoms with Gasteiger partial charge in [-0.15, -0.1) is 0 Å². The van der Waals surface area contributed by atoms with E-state index < -0.39 is 58.3 Å². The minimum absolute atomic E-state index is 0.0170. The monoisotopic (exact) mass is 473 g/mol. The maximum atomic E-state index is 13.8. The van der Waals surface area contributed by atoms with Crippen LogP contribution in [0.25, 0.3) is 6.08 Å². The predicted octanol–water partition coefficient (Wildman–Crippen LogP) is 4.04. The van der Waals surface area contributed by atoms with Gasteiger partial charge in [0.05, 0.1) is 24.3 Å². The molecule has 11 heteroatoms. The molecular formula is C22H17F6NO4. The molecule has 33 heavy (non-hydrogen) atoms. The van der Waals surface area contributed by atoms with Gasteiger partial charge in [-0.2, -0.15) is 0 Å². The van der Waals surface area contributed by atoms with Crippen molar-refractivity contribution in [1.29, 1.82) is 0 Å². The van der Waals surface area contributed by atoms with Crippen LogP contribution >= 0.6 is 0 Å². The molecule has 0 radical (unpaired) electrons. The van der Waals surface area contributed by atoms with Crippen LogP contribution in [-0.4, -0.2) is 49.0 Å². The van der Waals surface area contributed by atoms with E-state index in [1.54, 1.807) is 0 Å². The molecule has 5 nitrogen and oxygen atoms in total. The molecule has 176 valence electrons. The van der Waals surface area contributed by atoms with Gasteiger partial charge in [-0.05, 0) is 31.2 Å². The summed E-state index contributed by atoms with van der Waals surface area (Å²) in [5, 5.41) is 0. The number of carbonyl (C=O) groups excluding carboxylic acids is 2. The number of hydrogen-bond acceptors (Lipinski definition) is 4. The fraction of sp³-hybridized carbons (Fsp3) is 0.273. The maximum absolute atomic E-state index is 13.8. The zero-order valence-electron chi connectivity index (χ0n) is 17.1. The average Bonchev–Trinajstić information content (AvgIpc) is 2.80. The van der Waals surface area contributed by atoms with Crippen LogP contribution in [0.1, 0.15) is 22.8 Å². The van der Waals surface area contributed by atoms with Crippen LogP contribution in [-0.2, 0) is 9.53 Å². The molecule has 1 amide bonds. The summed E-state index contributed by atoms with van der Waals surface area (Å²) in [7, 11) is 0. The summed E-state index contributed by atoms with van der Waals surface area (Å²) in [6.07, 6.45) is 0.544. The van der Waals surface area contributed by atoms with Crippen molar-refractivity contribution in [2.45, 2.75) is 13.0 Å². The fourth-order valence-electron chi connectivity index (χ4n) is 3.13. The van der Waals surface area contributed by atoms with E-state index in [1.807, 2.05) is 0 Å². The van der Waals surface area contributed by atoms with Crippen molar-refractivity contribution < 1.29 is 45.4 Å². The molecule has 1 aliphatic heterocycles. The molecule has 0 aromatic heterocycles. The van der Waals surface area contributed by atoms with Crippen molar-refractivity contribution in [3.8, 4) is 5.75 Å². The molecule has 1 saturated heterocycles. The Hall–Kier alpha value is -3.34. The minimum Gasteiger partial charge on any atom is -0.490 e. The lowest BCUT2D eigenvalue weighted by atomic mass is 10.1. The number of nitrogens with zero attached hydrogens (tertiary/aromatic N) is 1. The highest BCUT2D eigenvalue weighted by Crippen LogP contribution is 2.24. The molecule has 1 fully saturated rings. The third kappa shape index (κ3) is 5.36. The predicted molar refractivity (Wildman–Crippen MR) is 103 cm³/mol. The Balaban J connectivity index is 1.67. The van der Waals surface area contributed by atoms with Crippen molar-refractivity contribution in [3.63, 3.8) is 0 Å². The minimum atomic E-state index is -2.29. The Morgan fingerprint density at radius 1 is 1.06 bits per heavy atom. The van der Waals surface area contributed by atoms with Crippen LogP contribution < -0.4 is 4.74 Å². The Labute approximate surface area is 184 Å². The van der Waals surface area contributed by atoms with Gasteiger partial charge < -0.3 is 14.4 Å². The Morgan fingerprint density at radius 2 is 1.70 bits per heavy atom. The number of Topliss-reactive ketones (excluding diaryl/α,β-unsaturated/α-hetero) is 1. The van der Waals surface area contributed by atoms with E-state index in [0.717, 1.165) is 12.1 Å². The average molecular weight is 473 g/mol. The second-order valence-electron chi connectivity index (χ2n) is 7.10. The summed E-state index contributed by atoms with van der Waals surface area (Å²) in [6.45, 7) is 1.31. The van der Waals surface area contributed by atoms with Gasteiger partial charge in [0.1, 0.15) is 24.3 Å². The Morgan fingerprint density at radius 3 is 2.33 bits per heavy atom. The number of ether oxygens (including phenoxy) is 2. The lowest BCUT2D eigenvalue weighted by molar-refractivity contribution is -0.134. The van der Waals surface area contributed by atoms with Gasteiger partial charge in [-0.25, -0.2) is 26.3 Å². The van der Waals surface area contributed by atoms with Crippen molar-refractivity contribution in [2.24, 2.45) is 0 Å². The van der Waals surface area contributed by atoms with E-state index in [2.05, 4.69) is 0 Å². The highest BCUT2D eigenvalue weighted by molar-refractivity contribution is 5.96. The number of morpholine rings is 1. The number of hydrogen-bond donors (Lipinski definition) is 0. The van der Waals surface area contributed by atoms with E-state index in [9.17, 15) is 35.9 Å². The molecule has 0 saturated carbocycles. The Kier molecular flexibility index (Phi) is 7.42. The number of halogens is 6. The van der Waals surface area contributed by atoms with Crippen LogP contribution in [0.4, 0.5) is 26.3 Å². The van der Waals surface area contributed by atoms with Crippen molar-refractivity contribution in [1.82, 2.24) is 4.90 Å². The summed E-state index contributed by atoms with van der Waals surface area (Å²) < 4.78 is 91.6. The largest absolute Gasteiger partial charge is 0.490 e. The lowest BCUT2D eigenvalue weighted by Gasteiger charge is -2.32. The van der Waals surface area contributed by atoms with Crippen LogP contribution in [0, 0.1) is 34.9 Å². The van der Waals surface area contributed by atoms with Gasteiger partial charge in [0, 0.05) is 12.6 Å². The molecule has 0 bridgehead atoms. The molecule has 1 heterocycles. The SMILES string of the molecule is CC(=O)c1cc(F)ccc1OCC1CN(C(=O)C=Cc2c(F)c(F)c(F)c(F)c2F)CCO1. The topological polar surface area (TPSA) is 55.8 Å². The summed E-state index contributed by atoms with van der Waals surface area (Å²) in [5.41, 5.74) is -1.20. The zero-order valence-corrected chi connectivity index (χ0v) is 17.1. The lowest BCUT2D eigenvalue weighted by Crippen LogP contribution is -2.47. The quantitative estimate of drug-likeness (QED) is 0.209. The normalized spacial score (nSPS) is 16.3. The third-order valence-electron chi connectivity index (χ3n) is 4.83. The molecule has 0 aliphatic carbocycles. The highest BCUT2D eigenvalue weighted by atomic mass is 19.2. The molecule has 1 unspecified atom stereocenters. The first-order valence-electron chi connectivity index (χ1n) is 9.63. The highest BCUT2D eigenvalue weighted by Gasteiger charge is 2.26. The van der Waals surface area contributed by atoms with Crippen molar-refractivity contribution in [3.05, 3.63) is 70.3 Å². The number of carbonyl (C=O) groups is 2. The zero-order chi connectivity index (χ0) is 24.3. The first-order valence-corrected chi connectivity index (χ1v) is 9.63. The van der Waals surface area contributed by atoms with Gasteiger partial charge in [0.2, 0.25) is 11.7 Å². The maximum Gasteiger partial charge on any atom is 0.246 e. The van der Waals surface area contributed by atoms with E-state index in [-0.39, 0.29) is 37.6 Å². The van der Waals surface area contributed by atoms with Crippen LogP contribution in [0.5, 0.6) is 5.75 Å². The smallest absolute Gasteiger partial charge is 0.246 e. The molecule has 1 atom stereocenters. The summed E-state index contributed by atoms with van der Waals surface area (Å²) in [4.78, 5) is 25.3.